The zero-order valence-electron chi connectivity index (χ0n) is 10.5. The van der Waals surface area contributed by atoms with Gasteiger partial charge >= 0.3 is 5.97 Å². The number of ether oxygens (including phenoxy) is 1. The monoisotopic (exact) mass is 282 g/mol. The summed E-state index contributed by atoms with van der Waals surface area (Å²) in [7, 11) is 1.25. The van der Waals surface area contributed by atoms with E-state index in [-0.39, 0.29) is 11.3 Å². The van der Waals surface area contributed by atoms with Gasteiger partial charge in [-0.2, -0.15) is 11.8 Å². The quantitative estimate of drug-likeness (QED) is 0.479. The summed E-state index contributed by atoms with van der Waals surface area (Å²) in [5.74, 6) is 1.34. The van der Waals surface area contributed by atoms with Crippen molar-refractivity contribution in [3.63, 3.8) is 0 Å². The van der Waals surface area contributed by atoms with Crippen LogP contribution in [0.2, 0.25) is 0 Å². The van der Waals surface area contributed by atoms with E-state index < -0.39 is 10.9 Å². The standard InChI is InChI=1S/C12H14N2O4S/c1-18-12(15)9-2-3-10(11(8-9)14(16)17)13-4-6-19-7-5-13/h2-3,8H,4-7H2,1H3. The molecule has 1 heterocycles. The molecule has 7 heteroatoms. The van der Waals surface area contributed by atoms with Crippen LogP contribution in [-0.2, 0) is 4.74 Å². The molecule has 0 aliphatic carbocycles. The fourth-order valence-corrected chi connectivity index (χ4v) is 2.89. The number of nitro benzene ring substituents is 1. The first-order valence-corrected chi connectivity index (χ1v) is 6.98. The molecule has 0 unspecified atom stereocenters. The molecule has 1 aliphatic rings. The highest BCUT2D eigenvalue weighted by Gasteiger charge is 2.23. The average Bonchev–Trinajstić information content (AvgIpc) is 2.46. The summed E-state index contributed by atoms with van der Waals surface area (Å²) in [6.45, 7) is 1.56. The second-order valence-corrected chi connectivity index (χ2v) is 5.28. The maximum absolute atomic E-state index is 11.4. The molecule has 1 fully saturated rings. The van der Waals surface area contributed by atoms with Crippen LogP contribution in [-0.4, -0.2) is 42.6 Å². The number of hydrogen-bond donors (Lipinski definition) is 0. The zero-order valence-corrected chi connectivity index (χ0v) is 11.3. The lowest BCUT2D eigenvalue weighted by atomic mass is 10.1. The lowest BCUT2D eigenvalue weighted by Crippen LogP contribution is -2.32. The molecule has 0 bridgehead atoms. The number of carbonyl (C=O) groups is 1. The second-order valence-electron chi connectivity index (χ2n) is 4.05. The van der Waals surface area contributed by atoms with E-state index in [1.165, 1.54) is 13.2 Å². The molecule has 0 atom stereocenters. The number of rotatable bonds is 3. The first-order valence-electron chi connectivity index (χ1n) is 5.83. The molecular formula is C12H14N2O4S. The summed E-state index contributed by atoms with van der Waals surface area (Å²) >= 11 is 1.83. The first kappa shape index (κ1) is 13.7. The minimum Gasteiger partial charge on any atom is -0.465 e. The van der Waals surface area contributed by atoms with Gasteiger partial charge in [0.05, 0.1) is 17.6 Å². The number of esters is 1. The van der Waals surface area contributed by atoms with Gasteiger partial charge in [0.1, 0.15) is 5.69 Å². The number of carbonyl (C=O) groups excluding carboxylic acids is 1. The van der Waals surface area contributed by atoms with Gasteiger partial charge in [0.25, 0.3) is 5.69 Å². The van der Waals surface area contributed by atoms with Crippen LogP contribution in [0, 0.1) is 10.1 Å². The number of benzene rings is 1. The Bertz CT molecular complexity index is 501. The van der Waals surface area contributed by atoms with Gasteiger partial charge in [-0.15, -0.1) is 0 Å². The fraction of sp³-hybridized carbons (Fsp3) is 0.417. The Morgan fingerprint density at radius 3 is 2.68 bits per heavy atom. The summed E-state index contributed by atoms with van der Waals surface area (Å²) in [6, 6.07) is 4.47. The zero-order chi connectivity index (χ0) is 13.8. The molecule has 1 saturated heterocycles. The third-order valence-electron chi connectivity index (χ3n) is 2.94. The van der Waals surface area contributed by atoms with Crippen LogP contribution in [0.15, 0.2) is 18.2 Å². The van der Waals surface area contributed by atoms with E-state index in [0.717, 1.165) is 24.6 Å². The molecule has 1 aliphatic heterocycles. The third-order valence-corrected chi connectivity index (χ3v) is 3.89. The molecule has 0 amide bonds. The lowest BCUT2D eigenvalue weighted by Gasteiger charge is -2.28. The molecule has 102 valence electrons. The van der Waals surface area contributed by atoms with Crippen LogP contribution in [0.25, 0.3) is 0 Å². The van der Waals surface area contributed by atoms with Crippen molar-refractivity contribution in [2.45, 2.75) is 0 Å². The van der Waals surface area contributed by atoms with Gasteiger partial charge in [0.2, 0.25) is 0 Å². The number of anilines is 1. The topological polar surface area (TPSA) is 72.7 Å². The van der Waals surface area contributed by atoms with Gasteiger partial charge in [-0.05, 0) is 12.1 Å². The highest BCUT2D eigenvalue weighted by atomic mass is 32.2. The normalized spacial score (nSPS) is 15.1. The molecule has 0 spiro atoms. The van der Waals surface area contributed by atoms with E-state index in [2.05, 4.69) is 4.74 Å². The predicted molar refractivity (Wildman–Crippen MR) is 74.0 cm³/mol. The Kier molecular flexibility index (Phi) is 4.26. The third kappa shape index (κ3) is 2.98. The van der Waals surface area contributed by atoms with E-state index in [0.29, 0.717) is 5.69 Å². The van der Waals surface area contributed by atoms with Gasteiger partial charge in [-0.1, -0.05) is 0 Å². The number of hydrogen-bond acceptors (Lipinski definition) is 6. The van der Waals surface area contributed by atoms with Crippen LogP contribution in [0.3, 0.4) is 0 Å². The average molecular weight is 282 g/mol. The van der Waals surface area contributed by atoms with Crippen molar-refractivity contribution in [1.29, 1.82) is 0 Å². The summed E-state index contributed by atoms with van der Waals surface area (Å²) in [5, 5.41) is 11.1. The Balaban J connectivity index is 2.37. The van der Waals surface area contributed by atoms with Crippen LogP contribution < -0.4 is 4.90 Å². The molecule has 0 radical (unpaired) electrons. The Morgan fingerprint density at radius 2 is 2.11 bits per heavy atom. The Labute approximate surface area is 114 Å². The number of thioether (sulfide) groups is 1. The highest BCUT2D eigenvalue weighted by molar-refractivity contribution is 7.99. The van der Waals surface area contributed by atoms with E-state index in [1.54, 1.807) is 12.1 Å². The van der Waals surface area contributed by atoms with Crippen molar-refractivity contribution in [2.75, 3.05) is 36.6 Å². The van der Waals surface area contributed by atoms with Crippen molar-refractivity contribution in [1.82, 2.24) is 0 Å². The Morgan fingerprint density at radius 1 is 1.42 bits per heavy atom. The fourth-order valence-electron chi connectivity index (χ4n) is 1.99. The maximum Gasteiger partial charge on any atom is 0.338 e. The minimum absolute atomic E-state index is 0.0465. The molecule has 19 heavy (non-hydrogen) atoms. The summed E-state index contributed by atoms with van der Waals surface area (Å²) in [5.41, 5.74) is 0.720. The summed E-state index contributed by atoms with van der Waals surface area (Å²) in [4.78, 5) is 24.1. The SMILES string of the molecule is COC(=O)c1ccc(N2CCSCC2)c([N+](=O)[O-])c1. The van der Waals surface area contributed by atoms with Crippen LogP contribution in [0.5, 0.6) is 0 Å². The largest absolute Gasteiger partial charge is 0.465 e. The summed E-state index contributed by atoms with van der Waals surface area (Å²) < 4.78 is 4.58. The number of methoxy groups -OCH3 is 1. The van der Waals surface area contributed by atoms with Crippen molar-refractivity contribution in [2.24, 2.45) is 0 Å². The molecule has 0 saturated carbocycles. The molecule has 0 N–H and O–H groups in total. The molecule has 2 rings (SSSR count). The van der Waals surface area contributed by atoms with E-state index in [4.69, 9.17) is 0 Å². The molecule has 6 nitrogen and oxygen atoms in total. The van der Waals surface area contributed by atoms with Crippen molar-refractivity contribution in [3.8, 4) is 0 Å². The van der Waals surface area contributed by atoms with Gasteiger partial charge in [-0.25, -0.2) is 4.79 Å². The predicted octanol–water partition coefficient (Wildman–Crippen LogP) is 1.93. The van der Waals surface area contributed by atoms with Gasteiger partial charge in [0.15, 0.2) is 0 Å². The van der Waals surface area contributed by atoms with E-state index >= 15 is 0 Å². The number of nitro groups is 1. The minimum atomic E-state index is -0.566. The first-order chi connectivity index (χ1) is 9.13. The van der Waals surface area contributed by atoms with Crippen molar-refractivity contribution in [3.05, 3.63) is 33.9 Å². The maximum atomic E-state index is 11.4. The van der Waals surface area contributed by atoms with Gasteiger partial charge in [0, 0.05) is 30.7 Å². The van der Waals surface area contributed by atoms with Crippen molar-refractivity contribution < 1.29 is 14.5 Å². The molecule has 1 aromatic rings. The second kappa shape index (κ2) is 5.92. The van der Waals surface area contributed by atoms with E-state index in [1.807, 2.05) is 16.7 Å². The number of nitrogens with zero attached hydrogens (tertiary/aromatic N) is 2. The van der Waals surface area contributed by atoms with Gasteiger partial charge in [-0.3, -0.25) is 10.1 Å². The van der Waals surface area contributed by atoms with E-state index in [9.17, 15) is 14.9 Å². The summed E-state index contributed by atoms with van der Waals surface area (Å²) in [6.07, 6.45) is 0. The highest BCUT2D eigenvalue weighted by Crippen LogP contribution is 2.31. The van der Waals surface area contributed by atoms with Crippen LogP contribution in [0.1, 0.15) is 10.4 Å². The molecular weight excluding hydrogens is 268 g/mol. The smallest absolute Gasteiger partial charge is 0.338 e. The van der Waals surface area contributed by atoms with Crippen molar-refractivity contribution >= 4 is 29.1 Å². The van der Waals surface area contributed by atoms with Gasteiger partial charge < -0.3 is 9.64 Å². The Hall–Kier alpha value is -1.76. The molecule has 0 aromatic heterocycles. The molecule has 1 aromatic carbocycles. The van der Waals surface area contributed by atoms with Crippen LogP contribution in [0.4, 0.5) is 11.4 Å². The van der Waals surface area contributed by atoms with Crippen LogP contribution >= 0.6 is 11.8 Å². The lowest BCUT2D eigenvalue weighted by molar-refractivity contribution is -0.384.